The fourth-order valence-corrected chi connectivity index (χ4v) is 11.9. The van der Waals surface area contributed by atoms with E-state index in [1.54, 1.807) is 24.3 Å². The van der Waals surface area contributed by atoms with Crippen LogP contribution in [0.1, 0.15) is 85.1 Å². The van der Waals surface area contributed by atoms with E-state index >= 15 is 0 Å². The molecule has 3 heterocycles. The first kappa shape index (κ1) is 83.8. The maximum Gasteiger partial charge on any atom is 0.250 e. The third-order valence-corrected chi connectivity index (χ3v) is 18.0. The second kappa shape index (κ2) is 48.3. The molecule has 4 rings (SSSR count). The number of amides is 9. The largest absolute Gasteiger partial charge is 0.379 e. The first-order chi connectivity index (χ1) is 45.9. The predicted molar refractivity (Wildman–Crippen MR) is 349 cm³/mol. The van der Waals surface area contributed by atoms with Gasteiger partial charge in [0.15, 0.2) is 15.6 Å². The van der Waals surface area contributed by atoms with E-state index in [-0.39, 0.29) is 156 Å². The summed E-state index contributed by atoms with van der Waals surface area (Å²) in [6, 6.07) is 5.46. The first-order valence-corrected chi connectivity index (χ1v) is 34.5. The fourth-order valence-electron chi connectivity index (χ4n) is 8.52. The number of ketones is 6. The molecule has 0 aliphatic carbocycles. The summed E-state index contributed by atoms with van der Waals surface area (Å²) in [5.74, 6) is -6.48. The number of β-lactam (4-membered cyclic amide) rings is 1. The summed E-state index contributed by atoms with van der Waals surface area (Å²) < 4.78 is 47.8. The van der Waals surface area contributed by atoms with E-state index in [0.29, 0.717) is 97.6 Å². The van der Waals surface area contributed by atoms with Crippen LogP contribution in [-0.2, 0) is 121 Å². The summed E-state index contributed by atoms with van der Waals surface area (Å²) in [7, 11) is 2.55. The van der Waals surface area contributed by atoms with Crippen LogP contribution in [0.5, 0.6) is 0 Å². The Morgan fingerprint density at radius 1 is 0.552 bits per heavy atom. The summed E-state index contributed by atoms with van der Waals surface area (Å²) in [5, 5.41) is 12.3. The lowest BCUT2D eigenvalue weighted by Crippen LogP contribution is -2.53. The molecule has 1 aromatic rings. The van der Waals surface area contributed by atoms with Crippen LogP contribution in [0.15, 0.2) is 24.3 Å². The quantitative estimate of drug-likeness (QED) is 0.0142. The summed E-state index contributed by atoms with van der Waals surface area (Å²) in [6.45, 7) is 10.3. The van der Waals surface area contributed by atoms with Crippen molar-refractivity contribution in [3.63, 3.8) is 0 Å². The third-order valence-electron chi connectivity index (χ3n) is 13.8. The van der Waals surface area contributed by atoms with Gasteiger partial charge in [-0.25, -0.2) is 0 Å². The van der Waals surface area contributed by atoms with Gasteiger partial charge in [0, 0.05) is 89.1 Å². The van der Waals surface area contributed by atoms with E-state index in [1.807, 2.05) is 0 Å². The number of anilines is 1. The number of rotatable bonds is 54. The van der Waals surface area contributed by atoms with Crippen molar-refractivity contribution in [3.05, 3.63) is 29.8 Å². The van der Waals surface area contributed by atoms with E-state index in [2.05, 4.69) is 26.6 Å². The van der Waals surface area contributed by atoms with Gasteiger partial charge in [-0.1, -0.05) is 33.7 Å². The van der Waals surface area contributed by atoms with Gasteiger partial charge in [0.2, 0.25) is 53.2 Å². The average molecular weight is 1410 g/mol. The van der Waals surface area contributed by atoms with Crippen molar-refractivity contribution in [3.8, 4) is 0 Å². The molecule has 3 fully saturated rings. The normalized spacial score (nSPS) is 14.8. The molecule has 0 aromatic heterocycles. The van der Waals surface area contributed by atoms with Crippen LogP contribution < -0.4 is 26.6 Å². The van der Waals surface area contributed by atoms with Crippen LogP contribution in [0.4, 0.5) is 5.69 Å². The standard InChI is InChI=1S/C55H81N7O21S3.C7H10O3/c1-39(63)11-18-75-22-26-79-30-32-82-29-25-78-21-15-57-53(73)43(60-49(69)38-83-37-48(68)59-42-6-3-41(4-7-42)5-8-50(70)61-17-10-51(61)71)36-58-47(67)13-34-84-44-35-52(72)62(54(44)74)16-9-46(66)56-14-20-77-24-28-81-33-31-80-27-23-76-19-12-45(65)55(40(2)64)85-86-55;1-4(8)7(5(2)9)6(3)10/h3-4,6-7,43-44H,5,8-38H2,1-2H3,(H,56,66)(H,57,73)(H,58,67)(H,59,68)(H,60,69);7H,1-3H3. The number of carbonyl (C=O) groups excluding carboxylic acids is 15. The summed E-state index contributed by atoms with van der Waals surface area (Å²) in [4.78, 5) is 183. The van der Waals surface area contributed by atoms with Crippen molar-refractivity contribution < 1.29 is 115 Å². The average Bonchev–Trinajstić information content (AvgIpc) is 1.63. The van der Waals surface area contributed by atoms with E-state index in [0.717, 1.165) is 22.2 Å². The molecule has 96 heavy (non-hydrogen) atoms. The van der Waals surface area contributed by atoms with E-state index < -0.39 is 69.9 Å². The number of ether oxygens (including phenoxy) is 9. The van der Waals surface area contributed by atoms with E-state index in [9.17, 15) is 71.9 Å². The Balaban J connectivity index is 0.00000221. The predicted octanol–water partition coefficient (Wildman–Crippen LogP) is -0.0715. The fraction of sp³-hybridized carbons (Fsp3) is 0.661. The van der Waals surface area contributed by atoms with Crippen LogP contribution in [-0.4, -0.2) is 270 Å². The van der Waals surface area contributed by atoms with Crippen molar-refractivity contribution in [1.82, 2.24) is 31.1 Å². The molecule has 2 atom stereocenters. The molecule has 0 spiro atoms. The number of nitrogens with zero attached hydrogens (tertiary/aromatic N) is 2. The third kappa shape index (κ3) is 35.2. The van der Waals surface area contributed by atoms with Crippen LogP contribution in [0, 0.1) is 5.92 Å². The van der Waals surface area contributed by atoms with Crippen LogP contribution >= 0.6 is 33.3 Å². The minimum atomic E-state index is -1.28. The molecule has 5 N–H and O–H groups in total. The highest BCUT2D eigenvalue weighted by Gasteiger charge is 2.57. The molecule has 9 amide bonds. The highest BCUT2D eigenvalue weighted by atomic mass is 33.2. The molecule has 0 saturated carbocycles. The zero-order valence-corrected chi connectivity index (χ0v) is 57.5. The zero-order valence-electron chi connectivity index (χ0n) is 55.1. The molecule has 3 saturated heterocycles. The highest BCUT2D eigenvalue weighted by Crippen LogP contribution is 2.66. The van der Waals surface area contributed by atoms with Gasteiger partial charge in [0.05, 0.1) is 111 Å². The Bertz CT molecular complexity index is 2720. The molecule has 536 valence electrons. The molecule has 3 aliphatic heterocycles. The molecule has 2 unspecified atom stereocenters. The number of hydrogen-bond donors (Lipinski definition) is 5. The molecule has 1 aromatic carbocycles. The van der Waals surface area contributed by atoms with Gasteiger partial charge in [-0.2, -0.15) is 0 Å². The molecule has 0 bridgehead atoms. The Hall–Kier alpha value is -6.44. The minimum Gasteiger partial charge on any atom is -0.379 e. The van der Waals surface area contributed by atoms with Gasteiger partial charge >= 0.3 is 0 Å². The van der Waals surface area contributed by atoms with Crippen molar-refractivity contribution in [2.45, 2.75) is 101 Å². The van der Waals surface area contributed by atoms with Gasteiger partial charge in [-0.3, -0.25) is 81.7 Å². The summed E-state index contributed by atoms with van der Waals surface area (Å²) in [5.41, 5.74) is 1.27. The van der Waals surface area contributed by atoms with Crippen LogP contribution in [0.25, 0.3) is 0 Å². The molecule has 0 radical (unpaired) electrons. The second-order valence-corrected chi connectivity index (χ2v) is 25.7. The maximum absolute atomic E-state index is 13.3. The number of thioether (sulfide) groups is 1. The zero-order chi connectivity index (χ0) is 70.7. The second-order valence-electron chi connectivity index (χ2n) is 21.6. The lowest BCUT2D eigenvalue weighted by molar-refractivity contribution is -0.152. The molecular weight excluding hydrogens is 1320 g/mol. The smallest absolute Gasteiger partial charge is 0.250 e. The number of Topliss-reactive ketones (excluding diaryl/α,β-unsaturated/α-hetero) is 6. The minimum absolute atomic E-state index is 0.0385. The van der Waals surface area contributed by atoms with Gasteiger partial charge in [0.1, 0.15) is 48.3 Å². The Morgan fingerprint density at radius 2 is 1.05 bits per heavy atom. The lowest BCUT2D eigenvalue weighted by atomic mass is 9.97. The van der Waals surface area contributed by atoms with Crippen LogP contribution in [0.2, 0.25) is 0 Å². The Morgan fingerprint density at radius 3 is 1.53 bits per heavy atom. The van der Waals surface area contributed by atoms with E-state index in [4.69, 9.17) is 42.6 Å². The molecule has 31 nitrogen and oxygen atoms in total. The van der Waals surface area contributed by atoms with Crippen molar-refractivity contribution in [2.24, 2.45) is 5.92 Å². The number of likely N-dealkylation sites (tertiary alicyclic amines) is 2. The number of benzene rings is 1. The van der Waals surface area contributed by atoms with Gasteiger partial charge < -0.3 is 69.2 Å². The van der Waals surface area contributed by atoms with Gasteiger partial charge in [0.25, 0.3) is 0 Å². The van der Waals surface area contributed by atoms with Crippen LogP contribution in [0.3, 0.4) is 0 Å². The Labute approximate surface area is 569 Å². The van der Waals surface area contributed by atoms with Gasteiger partial charge in [-0.15, -0.1) is 11.8 Å². The number of nitrogens with one attached hydrogen (secondary N) is 5. The monoisotopic (exact) mass is 1410 g/mol. The summed E-state index contributed by atoms with van der Waals surface area (Å²) >= 11 is 1.10. The topological polar surface area (TPSA) is 406 Å². The number of carbonyl (C=O) groups is 15. The van der Waals surface area contributed by atoms with Crippen molar-refractivity contribution in [2.75, 3.05) is 163 Å². The maximum atomic E-state index is 13.3. The van der Waals surface area contributed by atoms with E-state index in [1.165, 1.54) is 61.1 Å². The molecular formula is C62H91N7O24S3. The van der Waals surface area contributed by atoms with Crippen molar-refractivity contribution >= 4 is 127 Å². The molecule has 34 heteroatoms. The SMILES string of the molecule is CC(=O)C(C(C)=O)C(C)=O.CC(=O)CCOCCOCCOCCOCCNC(=O)C(CNC(=O)CCSC1CC(=O)N(CCC(=O)NCCOCCOCCOCCOCCC(=O)C2(C(C)=O)SS2)C1=O)NC(=O)COCC(=O)Nc1ccc(CCC(=O)N2CCC2=O)cc1. The Kier molecular flexibility index (Phi) is 42.2. The summed E-state index contributed by atoms with van der Waals surface area (Å²) in [6.07, 6.45) is 1.14. The number of hydrogen-bond acceptors (Lipinski definition) is 27. The lowest BCUT2D eigenvalue weighted by Gasteiger charge is -2.28. The number of imide groups is 2. The molecule has 3 aliphatic rings. The highest BCUT2D eigenvalue weighted by molar-refractivity contribution is 8.94. The van der Waals surface area contributed by atoms with Gasteiger partial charge in [-0.05, 0) is 58.7 Å². The number of aryl methyl sites for hydroxylation is 1. The van der Waals surface area contributed by atoms with Crippen molar-refractivity contribution in [1.29, 1.82) is 0 Å². The first-order valence-electron chi connectivity index (χ1n) is 31.4.